The zero-order chi connectivity index (χ0) is 21.6. The smallest absolute Gasteiger partial charge is 0.422 e. The number of carbonyl (C=O) groups is 2. The van der Waals surface area contributed by atoms with Crippen LogP contribution >= 0.6 is 0 Å². The summed E-state index contributed by atoms with van der Waals surface area (Å²) in [4.78, 5) is 35.3. The van der Waals surface area contributed by atoms with Crippen LogP contribution in [0.25, 0.3) is 0 Å². The fraction of sp³-hybridized carbons (Fsp3) is 0.353. The van der Waals surface area contributed by atoms with Crippen molar-refractivity contribution in [3.8, 4) is 11.8 Å². The molecule has 0 aliphatic heterocycles. The monoisotopic (exact) mass is 413 g/mol. The summed E-state index contributed by atoms with van der Waals surface area (Å²) in [5.74, 6) is -1.20. The molecule has 12 heteroatoms. The molecule has 2 N–H and O–H groups in total. The van der Waals surface area contributed by atoms with Gasteiger partial charge in [-0.2, -0.15) is 18.2 Å². The SMILES string of the molecule is COc1nc(OCC(F)(F)F)ccc1CNC(=O)c1cc(C)nc(NC(C)=O)n1. The van der Waals surface area contributed by atoms with Gasteiger partial charge in [0.15, 0.2) is 6.61 Å². The van der Waals surface area contributed by atoms with Crippen molar-refractivity contribution in [1.82, 2.24) is 20.3 Å². The van der Waals surface area contributed by atoms with E-state index in [0.717, 1.165) is 0 Å². The van der Waals surface area contributed by atoms with Crippen molar-refractivity contribution in [1.29, 1.82) is 0 Å². The second-order valence-electron chi connectivity index (χ2n) is 5.80. The Kier molecular flexibility index (Phi) is 6.91. The number of aryl methyl sites for hydroxylation is 1. The van der Waals surface area contributed by atoms with Crippen LogP contribution in [0.3, 0.4) is 0 Å². The second kappa shape index (κ2) is 9.17. The van der Waals surface area contributed by atoms with Crippen LogP contribution in [0.5, 0.6) is 11.8 Å². The first-order chi connectivity index (χ1) is 13.6. The van der Waals surface area contributed by atoms with Crippen LogP contribution in [-0.2, 0) is 11.3 Å². The Bertz CT molecular complexity index is 905. The number of ether oxygens (including phenoxy) is 2. The van der Waals surface area contributed by atoms with Gasteiger partial charge >= 0.3 is 6.18 Å². The zero-order valence-corrected chi connectivity index (χ0v) is 15.8. The zero-order valence-electron chi connectivity index (χ0n) is 15.8. The van der Waals surface area contributed by atoms with E-state index in [-0.39, 0.29) is 35.9 Å². The van der Waals surface area contributed by atoms with Gasteiger partial charge in [0, 0.05) is 30.8 Å². The Morgan fingerprint density at radius 2 is 1.90 bits per heavy atom. The molecule has 0 atom stereocenters. The van der Waals surface area contributed by atoms with Crippen LogP contribution in [0.2, 0.25) is 0 Å². The van der Waals surface area contributed by atoms with Crippen molar-refractivity contribution in [2.45, 2.75) is 26.6 Å². The third kappa shape index (κ3) is 6.90. The summed E-state index contributed by atoms with van der Waals surface area (Å²) in [7, 11) is 1.29. The molecular weight excluding hydrogens is 395 g/mol. The molecule has 29 heavy (non-hydrogen) atoms. The molecule has 0 aromatic carbocycles. The molecule has 0 unspecified atom stereocenters. The molecule has 0 spiro atoms. The third-order valence-electron chi connectivity index (χ3n) is 3.30. The van der Waals surface area contributed by atoms with E-state index in [2.05, 4.69) is 30.3 Å². The minimum atomic E-state index is -4.49. The molecule has 9 nitrogen and oxygen atoms in total. The molecule has 2 aromatic rings. The number of hydrogen-bond acceptors (Lipinski definition) is 7. The summed E-state index contributed by atoms with van der Waals surface area (Å²) in [5.41, 5.74) is 0.908. The van der Waals surface area contributed by atoms with Gasteiger partial charge in [0.05, 0.1) is 7.11 Å². The molecule has 156 valence electrons. The molecule has 0 aliphatic carbocycles. The van der Waals surface area contributed by atoms with Crippen LogP contribution in [0.1, 0.15) is 28.7 Å². The molecule has 2 aromatic heterocycles. The van der Waals surface area contributed by atoms with E-state index < -0.39 is 18.7 Å². The second-order valence-corrected chi connectivity index (χ2v) is 5.80. The van der Waals surface area contributed by atoms with Gasteiger partial charge in [-0.1, -0.05) is 0 Å². The van der Waals surface area contributed by atoms with Gasteiger partial charge in [0.2, 0.25) is 23.6 Å². The molecule has 0 fully saturated rings. The maximum atomic E-state index is 12.4. The number of halogens is 3. The number of amides is 2. The van der Waals surface area contributed by atoms with Crippen LogP contribution in [0.4, 0.5) is 19.1 Å². The Hall–Kier alpha value is -3.44. The highest BCUT2D eigenvalue weighted by Gasteiger charge is 2.28. The van der Waals surface area contributed by atoms with Crippen molar-refractivity contribution < 1.29 is 32.2 Å². The van der Waals surface area contributed by atoms with Crippen molar-refractivity contribution in [2.75, 3.05) is 19.0 Å². The summed E-state index contributed by atoms with van der Waals surface area (Å²) in [5, 5.41) is 4.99. The molecule has 0 saturated heterocycles. The number of nitrogens with zero attached hydrogens (tertiary/aromatic N) is 3. The van der Waals surface area contributed by atoms with Gasteiger partial charge in [-0.05, 0) is 19.1 Å². The van der Waals surface area contributed by atoms with Gasteiger partial charge in [-0.3, -0.25) is 14.9 Å². The lowest BCUT2D eigenvalue weighted by Crippen LogP contribution is -2.25. The van der Waals surface area contributed by atoms with Crippen LogP contribution in [0.15, 0.2) is 18.2 Å². The Morgan fingerprint density at radius 3 is 2.52 bits per heavy atom. The lowest BCUT2D eigenvalue weighted by Gasteiger charge is -2.12. The van der Waals surface area contributed by atoms with E-state index >= 15 is 0 Å². The standard InChI is InChI=1S/C17H18F3N5O4/c1-9-6-12(24-16(22-9)23-10(2)26)14(27)21-7-11-4-5-13(25-15(11)28-3)29-8-17(18,19)20/h4-6H,7-8H2,1-3H3,(H,21,27)(H,22,23,24,26). The topological polar surface area (TPSA) is 115 Å². The van der Waals surface area contributed by atoms with E-state index in [4.69, 9.17) is 4.74 Å². The number of hydrogen-bond donors (Lipinski definition) is 2. The van der Waals surface area contributed by atoms with Crippen molar-refractivity contribution >= 4 is 17.8 Å². The quantitative estimate of drug-likeness (QED) is 0.714. The first-order valence-electron chi connectivity index (χ1n) is 8.22. The number of aromatic nitrogens is 3. The molecule has 0 bridgehead atoms. The van der Waals surface area contributed by atoms with Gasteiger partial charge in [-0.15, -0.1) is 0 Å². The minimum absolute atomic E-state index is 0.00257. The number of nitrogens with one attached hydrogen (secondary N) is 2. The Balaban J connectivity index is 2.08. The average Bonchev–Trinajstić information content (AvgIpc) is 2.63. The summed E-state index contributed by atoms with van der Waals surface area (Å²) in [6, 6.07) is 4.09. The highest BCUT2D eigenvalue weighted by molar-refractivity contribution is 5.93. The molecule has 0 aliphatic rings. The Morgan fingerprint density at radius 1 is 1.17 bits per heavy atom. The molecule has 2 heterocycles. The predicted octanol–water partition coefficient (Wildman–Crippen LogP) is 2.02. The third-order valence-corrected chi connectivity index (χ3v) is 3.30. The minimum Gasteiger partial charge on any atom is -0.481 e. The largest absolute Gasteiger partial charge is 0.481 e. The van der Waals surface area contributed by atoms with Crippen molar-refractivity contribution in [2.24, 2.45) is 0 Å². The molecular formula is C17H18F3N5O4. The number of rotatable bonds is 7. The van der Waals surface area contributed by atoms with E-state index in [1.807, 2.05) is 0 Å². The summed E-state index contributed by atoms with van der Waals surface area (Å²) in [6.45, 7) is 1.40. The van der Waals surface area contributed by atoms with Gasteiger partial charge < -0.3 is 14.8 Å². The number of methoxy groups -OCH3 is 1. The van der Waals surface area contributed by atoms with E-state index in [1.165, 1.54) is 32.2 Å². The fourth-order valence-corrected chi connectivity index (χ4v) is 2.16. The lowest BCUT2D eigenvalue weighted by atomic mass is 10.2. The maximum absolute atomic E-state index is 12.4. The van der Waals surface area contributed by atoms with E-state index in [9.17, 15) is 22.8 Å². The number of pyridine rings is 1. The van der Waals surface area contributed by atoms with E-state index in [0.29, 0.717) is 11.3 Å². The van der Waals surface area contributed by atoms with Gasteiger partial charge in [-0.25, -0.2) is 9.97 Å². The summed E-state index contributed by atoms with van der Waals surface area (Å²) in [6.07, 6.45) is -4.49. The number of anilines is 1. The van der Waals surface area contributed by atoms with Crippen LogP contribution in [0, 0.1) is 6.92 Å². The highest BCUT2D eigenvalue weighted by Crippen LogP contribution is 2.22. The molecule has 2 rings (SSSR count). The number of carbonyl (C=O) groups excluding carboxylic acids is 2. The van der Waals surface area contributed by atoms with Gasteiger partial charge in [0.25, 0.3) is 5.91 Å². The highest BCUT2D eigenvalue weighted by atomic mass is 19.4. The maximum Gasteiger partial charge on any atom is 0.422 e. The van der Waals surface area contributed by atoms with Crippen molar-refractivity contribution in [3.05, 3.63) is 35.2 Å². The van der Waals surface area contributed by atoms with E-state index in [1.54, 1.807) is 6.92 Å². The molecule has 2 amide bonds. The fourth-order valence-electron chi connectivity index (χ4n) is 2.16. The first kappa shape index (κ1) is 21.9. The van der Waals surface area contributed by atoms with Crippen LogP contribution < -0.4 is 20.1 Å². The Labute approximate surface area is 163 Å². The lowest BCUT2D eigenvalue weighted by molar-refractivity contribution is -0.154. The normalized spacial score (nSPS) is 11.0. The molecule has 0 radical (unpaired) electrons. The van der Waals surface area contributed by atoms with Crippen molar-refractivity contribution in [3.63, 3.8) is 0 Å². The summed E-state index contributed by atoms with van der Waals surface area (Å²) >= 11 is 0. The summed E-state index contributed by atoms with van der Waals surface area (Å²) < 4.78 is 46.3. The first-order valence-corrected chi connectivity index (χ1v) is 8.22. The average molecular weight is 413 g/mol. The number of alkyl halides is 3. The van der Waals surface area contributed by atoms with Crippen LogP contribution in [-0.4, -0.2) is 46.7 Å². The molecule has 0 saturated carbocycles. The van der Waals surface area contributed by atoms with Gasteiger partial charge in [0.1, 0.15) is 5.69 Å². The predicted molar refractivity (Wildman–Crippen MR) is 94.6 cm³/mol.